The molecule has 0 aliphatic heterocycles. The van der Waals surface area contributed by atoms with Gasteiger partial charge in [0.25, 0.3) is 5.56 Å². The molecule has 0 unspecified atom stereocenters. The van der Waals surface area contributed by atoms with Crippen LogP contribution in [0.4, 0.5) is 0 Å². The molecule has 0 atom stereocenters. The molecule has 0 radical (unpaired) electrons. The fraction of sp³-hybridized carbons (Fsp3) is 0. The Hall–Kier alpha value is -2.96. The number of hydrogen-bond donors (Lipinski definition) is 3. The van der Waals surface area contributed by atoms with Crippen LogP contribution in [0.3, 0.4) is 0 Å². The first kappa shape index (κ1) is 11.1. The summed E-state index contributed by atoms with van der Waals surface area (Å²) in [6, 6.07) is 6.61. The lowest BCUT2D eigenvalue weighted by molar-refractivity contribution is 0.0690. The summed E-state index contributed by atoms with van der Waals surface area (Å²) >= 11 is 0. The molecular weight excluding hydrogens is 248 g/mol. The lowest BCUT2D eigenvalue weighted by Gasteiger charge is -1.99. The van der Waals surface area contributed by atoms with E-state index in [9.17, 15) is 9.59 Å². The first-order valence-corrected chi connectivity index (χ1v) is 5.41. The molecule has 0 bridgehead atoms. The Bertz CT molecular complexity index is 834. The molecule has 3 rings (SSSR count). The molecular formula is C12H8N4O3. The van der Waals surface area contributed by atoms with Gasteiger partial charge in [-0.3, -0.25) is 9.89 Å². The highest BCUT2D eigenvalue weighted by Gasteiger charge is 2.09. The Morgan fingerprint density at radius 3 is 2.84 bits per heavy atom. The molecule has 0 saturated heterocycles. The van der Waals surface area contributed by atoms with Crippen LogP contribution < -0.4 is 5.56 Å². The highest BCUT2D eigenvalue weighted by Crippen LogP contribution is 2.20. The first-order chi connectivity index (χ1) is 9.13. The smallest absolute Gasteiger partial charge is 0.353 e. The van der Waals surface area contributed by atoms with Gasteiger partial charge in [-0.2, -0.15) is 5.10 Å². The summed E-state index contributed by atoms with van der Waals surface area (Å²) in [5.74, 6) is -1.07. The maximum Gasteiger partial charge on any atom is 0.353 e. The summed E-state index contributed by atoms with van der Waals surface area (Å²) in [6.07, 6.45) is 1.19. The zero-order valence-corrected chi connectivity index (χ0v) is 9.54. The molecule has 0 aliphatic rings. The topological polar surface area (TPSA) is 112 Å². The number of H-pyrrole nitrogens is 2. The molecule has 0 saturated carbocycles. The van der Waals surface area contributed by atoms with Crippen molar-refractivity contribution in [1.29, 1.82) is 0 Å². The Balaban J connectivity index is 2.11. The van der Waals surface area contributed by atoms with E-state index in [0.717, 1.165) is 5.56 Å². The minimum absolute atomic E-state index is 0.0181. The monoisotopic (exact) mass is 256 g/mol. The maximum atomic E-state index is 11.1. The Labute approximate surface area is 105 Å². The molecule has 0 aliphatic carbocycles. The van der Waals surface area contributed by atoms with E-state index in [1.165, 1.54) is 12.3 Å². The van der Waals surface area contributed by atoms with Crippen molar-refractivity contribution in [2.45, 2.75) is 0 Å². The quantitative estimate of drug-likeness (QED) is 0.633. The number of aromatic nitrogens is 4. The van der Waals surface area contributed by atoms with Crippen LogP contribution in [0, 0.1) is 0 Å². The van der Waals surface area contributed by atoms with Gasteiger partial charge in [0.1, 0.15) is 5.69 Å². The van der Waals surface area contributed by atoms with Gasteiger partial charge in [-0.1, -0.05) is 6.07 Å². The van der Waals surface area contributed by atoms with Crippen LogP contribution in [0.2, 0.25) is 0 Å². The summed E-state index contributed by atoms with van der Waals surface area (Å²) in [7, 11) is 0. The van der Waals surface area contributed by atoms with Crippen LogP contribution in [0.25, 0.3) is 22.3 Å². The number of benzene rings is 1. The number of carboxylic acid groups (broad SMARTS) is 1. The van der Waals surface area contributed by atoms with Crippen LogP contribution in [0.1, 0.15) is 10.5 Å². The van der Waals surface area contributed by atoms with Crippen LogP contribution in [-0.2, 0) is 0 Å². The third kappa shape index (κ3) is 1.97. The summed E-state index contributed by atoms with van der Waals surface area (Å²) in [6.45, 7) is 0. The van der Waals surface area contributed by atoms with Gasteiger partial charge in [-0.05, 0) is 18.2 Å². The van der Waals surface area contributed by atoms with Gasteiger partial charge in [0.2, 0.25) is 0 Å². The summed E-state index contributed by atoms with van der Waals surface area (Å²) in [4.78, 5) is 28.6. The van der Waals surface area contributed by atoms with Gasteiger partial charge in [0.15, 0.2) is 0 Å². The molecule has 2 aromatic heterocycles. The van der Waals surface area contributed by atoms with E-state index < -0.39 is 5.97 Å². The maximum absolute atomic E-state index is 11.1. The predicted molar refractivity (Wildman–Crippen MR) is 66.9 cm³/mol. The second-order valence-corrected chi connectivity index (χ2v) is 3.95. The molecule has 3 N–H and O–H groups in total. The normalized spacial score (nSPS) is 10.7. The molecule has 2 heterocycles. The fourth-order valence-corrected chi connectivity index (χ4v) is 1.78. The average molecular weight is 256 g/mol. The Kier molecular flexibility index (Phi) is 2.38. The molecule has 7 heteroatoms. The van der Waals surface area contributed by atoms with Crippen molar-refractivity contribution in [3.05, 3.63) is 46.5 Å². The molecule has 0 spiro atoms. The average Bonchev–Trinajstić information content (AvgIpc) is 2.88. The van der Waals surface area contributed by atoms with E-state index in [0.29, 0.717) is 16.7 Å². The van der Waals surface area contributed by atoms with E-state index in [2.05, 4.69) is 20.2 Å². The van der Waals surface area contributed by atoms with E-state index in [1.54, 1.807) is 18.2 Å². The van der Waals surface area contributed by atoms with Gasteiger partial charge in [0.05, 0.1) is 22.9 Å². The molecule has 1 aromatic carbocycles. The van der Waals surface area contributed by atoms with Crippen molar-refractivity contribution in [3.8, 4) is 11.3 Å². The van der Waals surface area contributed by atoms with E-state index in [-0.39, 0.29) is 11.3 Å². The number of nitrogens with one attached hydrogen (secondary N) is 2. The Morgan fingerprint density at radius 2 is 2.11 bits per heavy atom. The van der Waals surface area contributed by atoms with Crippen molar-refractivity contribution < 1.29 is 9.90 Å². The second-order valence-electron chi connectivity index (χ2n) is 3.95. The van der Waals surface area contributed by atoms with Crippen molar-refractivity contribution in [2.75, 3.05) is 0 Å². The van der Waals surface area contributed by atoms with Crippen molar-refractivity contribution >= 4 is 17.0 Å². The van der Waals surface area contributed by atoms with Crippen molar-refractivity contribution in [2.24, 2.45) is 0 Å². The fourth-order valence-electron chi connectivity index (χ4n) is 1.78. The predicted octanol–water partition coefficient (Wildman–Crippen LogP) is 1.01. The minimum atomic E-state index is -1.07. The number of fused-ring (bicyclic) bond motifs is 1. The first-order valence-electron chi connectivity index (χ1n) is 5.41. The third-order valence-electron chi connectivity index (χ3n) is 2.68. The van der Waals surface area contributed by atoms with Crippen molar-refractivity contribution in [1.82, 2.24) is 20.2 Å². The standard InChI is InChI=1S/C12H8N4O3/c17-11-5-13-9-3-6(1-2-7(9)14-11)8-4-10(12(18)19)16-15-8/h1-5H,(H,14,17)(H,15,16)(H,18,19). The van der Waals surface area contributed by atoms with E-state index >= 15 is 0 Å². The van der Waals surface area contributed by atoms with Crippen LogP contribution >= 0.6 is 0 Å². The number of carbonyl (C=O) groups is 1. The third-order valence-corrected chi connectivity index (χ3v) is 2.68. The lowest BCUT2D eigenvalue weighted by Crippen LogP contribution is -2.04. The SMILES string of the molecule is O=C(O)c1cc(-c2ccc3[nH]c(=O)cnc3c2)n[nH]1. The van der Waals surface area contributed by atoms with Gasteiger partial charge in [0, 0.05) is 5.56 Å². The van der Waals surface area contributed by atoms with Crippen LogP contribution in [-0.4, -0.2) is 31.2 Å². The summed E-state index contributed by atoms with van der Waals surface area (Å²) in [5.41, 5.74) is 2.20. The largest absolute Gasteiger partial charge is 0.477 e. The summed E-state index contributed by atoms with van der Waals surface area (Å²) in [5, 5.41) is 15.2. The minimum Gasteiger partial charge on any atom is -0.477 e. The summed E-state index contributed by atoms with van der Waals surface area (Å²) < 4.78 is 0. The van der Waals surface area contributed by atoms with Crippen LogP contribution in [0.15, 0.2) is 35.3 Å². The van der Waals surface area contributed by atoms with Crippen molar-refractivity contribution in [3.63, 3.8) is 0 Å². The number of carboxylic acids is 1. The molecule has 3 aromatic rings. The molecule has 0 fully saturated rings. The van der Waals surface area contributed by atoms with Gasteiger partial charge < -0.3 is 10.1 Å². The number of rotatable bonds is 2. The highest BCUT2D eigenvalue weighted by atomic mass is 16.4. The van der Waals surface area contributed by atoms with E-state index in [1.807, 2.05) is 0 Å². The van der Waals surface area contributed by atoms with Gasteiger partial charge in [-0.25, -0.2) is 9.78 Å². The number of nitrogens with zero attached hydrogens (tertiary/aromatic N) is 2. The van der Waals surface area contributed by atoms with Gasteiger partial charge in [-0.15, -0.1) is 0 Å². The van der Waals surface area contributed by atoms with E-state index in [4.69, 9.17) is 5.11 Å². The van der Waals surface area contributed by atoms with Crippen LogP contribution in [0.5, 0.6) is 0 Å². The zero-order valence-electron chi connectivity index (χ0n) is 9.54. The number of aromatic amines is 2. The lowest BCUT2D eigenvalue weighted by atomic mass is 10.1. The number of aromatic carboxylic acids is 1. The number of hydrogen-bond acceptors (Lipinski definition) is 4. The molecule has 7 nitrogen and oxygen atoms in total. The highest BCUT2D eigenvalue weighted by molar-refractivity contribution is 5.87. The second kappa shape index (κ2) is 4.05. The molecule has 0 amide bonds. The zero-order chi connectivity index (χ0) is 13.4. The molecule has 19 heavy (non-hydrogen) atoms. The molecule has 94 valence electrons. The Morgan fingerprint density at radius 1 is 1.26 bits per heavy atom. The van der Waals surface area contributed by atoms with Gasteiger partial charge >= 0.3 is 5.97 Å².